The second-order valence-corrected chi connectivity index (χ2v) is 10.5. The largest absolute Gasteiger partial charge is 0.351 e. The minimum atomic E-state index is -1.23. The summed E-state index contributed by atoms with van der Waals surface area (Å²) in [6.07, 6.45) is 5.64. The summed E-state index contributed by atoms with van der Waals surface area (Å²) >= 11 is 6.11. The molecule has 8 nitrogen and oxygen atoms in total. The van der Waals surface area contributed by atoms with Gasteiger partial charge in [-0.15, -0.1) is 0 Å². The molecule has 2 saturated heterocycles. The van der Waals surface area contributed by atoms with Crippen LogP contribution in [0.5, 0.6) is 0 Å². The van der Waals surface area contributed by atoms with Crippen LogP contribution in [0.25, 0.3) is 10.9 Å². The molecule has 36 heavy (non-hydrogen) atoms. The molecular weight excluding hydrogens is 476 g/mol. The Balaban J connectivity index is 1.33. The molecule has 0 unspecified atom stereocenters. The average molecular weight is 509 g/mol. The van der Waals surface area contributed by atoms with Crippen molar-refractivity contribution in [2.24, 2.45) is 0 Å². The van der Waals surface area contributed by atoms with Gasteiger partial charge in [-0.05, 0) is 81.9 Å². The van der Waals surface area contributed by atoms with Gasteiger partial charge >= 0.3 is 0 Å². The molecule has 1 atom stereocenters. The van der Waals surface area contributed by atoms with Gasteiger partial charge in [0.1, 0.15) is 11.2 Å². The SMILES string of the molecule is CN1CCC(N2CCN(C(=O)[C@@](C)(NC(=O)c3cc4cc(Cl)ccc4[nH]3)c3ccncc3)CC2)CC1. The van der Waals surface area contributed by atoms with E-state index in [2.05, 4.69) is 32.1 Å². The van der Waals surface area contributed by atoms with Crippen LogP contribution in [-0.2, 0) is 10.3 Å². The summed E-state index contributed by atoms with van der Waals surface area (Å²) in [5.74, 6) is -0.454. The van der Waals surface area contributed by atoms with E-state index in [9.17, 15) is 9.59 Å². The second kappa shape index (κ2) is 10.2. The van der Waals surface area contributed by atoms with Crippen LogP contribution < -0.4 is 5.32 Å². The highest BCUT2D eigenvalue weighted by Gasteiger charge is 2.41. The number of halogens is 1. The van der Waals surface area contributed by atoms with Crippen LogP contribution in [0.3, 0.4) is 0 Å². The molecule has 3 aromatic rings. The minimum absolute atomic E-state index is 0.107. The third kappa shape index (κ3) is 4.98. The van der Waals surface area contributed by atoms with Gasteiger partial charge in [0.15, 0.2) is 0 Å². The number of H-pyrrole nitrogens is 1. The van der Waals surface area contributed by atoms with E-state index in [-0.39, 0.29) is 11.8 Å². The fourth-order valence-electron chi connectivity index (χ4n) is 5.42. The summed E-state index contributed by atoms with van der Waals surface area (Å²) in [6.45, 7) is 7.02. The molecule has 0 aliphatic carbocycles. The van der Waals surface area contributed by atoms with E-state index in [4.69, 9.17) is 11.6 Å². The molecule has 1 aromatic carbocycles. The Morgan fingerprint density at radius 1 is 1.03 bits per heavy atom. The molecule has 2 amide bonds. The van der Waals surface area contributed by atoms with Crippen LogP contribution in [0.15, 0.2) is 48.8 Å². The fourth-order valence-corrected chi connectivity index (χ4v) is 5.60. The zero-order chi connectivity index (χ0) is 25.3. The highest BCUT2D eigenvalue weighted by Crippen LogP contribution is 2.27. The van der Waals surface area contributed by atoms with Crippen molar-refractivity contribution in [2.75, 3.05) is 46.3 Å². The summed E-state index contributed by atoms with van der Waals surface area (Å²) in [6, 6.07) is 11.3. The first-order chi connectivity index (χ1) is 17.3. The number of carbonyl (C=O) groups is 2. The van der Waals surface area contributed by atoms with Crippen LogP contribution in [-0.4, -0.2) is 88.8 Å². The molecule has 0 saturated carbocycles. The maximum atomic E-state index is 14.0. The topological polar surface area (TPSA) is 84.6 Å². The summed E-state index contributed by atoms with van der Waals surface area (Å²) in [7, 11) is 2.17. The first kappa shape index (κ1) is 24.7. The normalized spacial score (nSPS) is 19.8. The quantitative estimate of drug-likeness (QED) is 0.553. The van der Waals surface area contributed by atoms with E-state index in [1.807, 2.05) is 11.0 Å². The number of fused-ring (bicyclic) bond motifs is 1. The highest BCUT2D eigenvalue weighted by molar-refractivity contribution is 6.31. The fraction of sp³-hybridized carbons (Fsp3) is 0.444. The Morgan fingerprint density at radius 2 is 1.72 bits per heavy atom. The maximum absolute atomic E-state index is 14.0. The smallest absolute Gasteiger partial charge is 0.268 e. The predicted molar refractivity (Wildman–Crippen MR) is 141 cm³/mol. The Labute approximate surface area is 216 Å². The number of nitrogens with zero attached hydrogens (tertiary/aromatic N) is 4. The number of pyridine rings is 1. The summed E-state index contributed by atoms with van der Waals surface area (Å²) in [5, 5.41) is 4.48. The number of carbonyl (C=O) groups excluding carboxylic acids is 2. The van der Waals surface area contributed by atoms with Crippen LogP contribution in [0.4, 0.5) is 0 Å². The zero-order valence-corrected chi connectivity index (χ0v) is 21.6. The number of hydrogen-bond acceptors (Lipinski definition) is 5. The molecule has 9 heteroatoms. The molecule has 4 heterocycles. The van der Waals surface area contributed by atoms with Gasteiger partial charge in [-0.25, -0.2) is 0 Å². The third-order valence-corrected chi connectivity index (χ3v) is 7.92. The molecule has 190 valence electrons. The number of hydrogen-bond donors (Lipinski definition) is 2. The van der Waals surface area contributed by atoms with Gasteiger partial charge in [0.25, 0.3) is 11.8 Å². The molecule has 2 aliphatic heterocycles. The van der Waals surface area contributed by atoms with E-state index < -0.39 is 5.54 Å². The molecule has 2 aromatic heterocycles. The molecule has 5 rings (SSSR count). The Kier molecular flexibility index (Phi) is 7.01. The van der Waals surface area contributed by atoms with Gasteiger partial charge in [0.05, 0.1) is 0 Å². The maximum Gasteiger partial charge on any atom is 0.268 e. The van der Waals surface area contributed by atoms with Crippen LogP contribution in [0.1, 0.15) is 35.8 Å². The van der Waals surface area contributed by atoms with Gasteiger partial charge < -0.3 is 20.1 Å². The Bertz CT molecular complexity index is 1230. The average Bonchev–Trinajstić information content (AvgIpc) is 3.33. The van der Waals surface area contributed by atoms with Crippen LogP contribution in [0, 0.1) is 0 Å². The first-order valence-corrected chi connectivity index (χ1v) is 12.9. The molecule has 0 radical (unpaired) electrons. The van der Waals surface area contributed by atoms with Crippen molar-refractivity contribution in [3.8, 4) is 0 Å². The van der Waals surface area contributed by atoms with Gasteiger partial charge in [0, 0.05) is 60.5 Å². The van der Waals surface area contributed by atoms with Crippen molar-refractivity contribution in [1.82, 2.24) is 30.0 Å². The van der Waals surface area contributed by atoms with E-state index >= 15 is 0 Å². The standard InChI is InChI=1S/C27H33ClN6O2/c1-27(20-5-9-29-10-6-20,31-25(35)24-18-19-17-21(28)3-4-23(19)30-24)26(36)34-15-13-33(14-16-34)22-7-11-32(2)12-8-22/h3-6,9-10,17-18,22,30H,7-8,11-16H2,1-2H3,(H,31,35)/t27-/m0/s1. The van der Waals surface area contributed by atoms with Gasteiger partial charge in [0.2, 0.25) is 0 Å². The van der Waals surface area contributed by atoms with Crippen molar-refractivity contribution < 1.29 is 9.59 Å². The number of nitrogens with one attached hydrogen (secondary N) is 2. The molecule has 2 aliphatic rings. The van der Waals surface area contributed by atoms with Crippen molar-refractivity contribution >= 4 is 34.3 Å². The van der Waals surface area contributed by atoms with Gasteiger partial charge in [-0.3, -0.25) is 19.5 Å². The highest BCUT2D eigenvalue weighted by atomic mass is 35.5. The molecular formula is C27H33ClN6O2. The number of rotatable bonds is 5. The number of amides is 2. The lowest BCUT2D eigenvalue weighted by molar-refractivity contribution is -0.140. The van der Waals surface area contributed by atoms with Crippen molar-refractivity contribution in [3.05, 3.63) is 65.1 Å². The number of piperazine rings is 1. The lowest BCUT2D eigenvalue weighted by Crippen LogP contribution is -2.60. The van der Waals surface area contributed by atoms with E-state index in [0.717, 1.165) is 37.1 Å². The summed E-state index contributed by atoms with van der Waals surface area (Å²) < 4.78 is 0. The van der Waals surface area contributed by atoms with Crippen molar-refractivity contribution in [1.29, 1.82) is 0 Å². The first-order valence-electron chi connectivity index (χ1n) is 12.6. The monoisotopic (exact) mass is 508 g/mol. The zero-order valence-electron chi connectivity index (χ0n) is 20.8. The predicted octanol–water partition coefficient (Wildman–Crippen LogP) is 3.10. The van der Waals surface area contributed by atoms with E-state index in [0.29, 0.717) is 35.4 Å². The molecule has 2 N–H and O–H groups in total. The number of piperidine rings is 1. The van der Waals surface area contributed by atoms with E-state index in [1.165, 1.54) is 12.8 Å². The number of likely N-dealkylation sites (tertiary alicyclic amines) is 1. The van der Waals surface area contributed by atoms with Gasteiger partial charge in [-0.1, -0.05) is 11.6 Å². The Morgan fingerprint density at radius 3 is 2.42 bits per heavy atom. The van der Waals surface area contributed by atoms with Gasteiger partial charge in [-0.2, -0.15) is 0 Å². The lowest BCUT2D eigenvalue weighted by atomic mass is 9.90. The molecule has 0 bridgehead atoms. The van der Waals surface area contributed by atoms with Crippen molar-refractivity contribution in [2.45, 2.75) is 31.3 Å². The molecule has 0 spiro atoms. The third-order valence-electron chi connectivity index (χ3n) is 7.68. The van der Waals surface area contributed by atoms with Crippen molar-refractivity contribution in [3.63, 3.8) is 0 Å². The van der Waals surface area contributed by atoms with Crippen LogP contribution >= 0.6 is 11.6 Å². The summed E-state index contributed by atoms with van der Waals surface area (Å²) in [5.41, 5.74) is 0.664. The summed E-state index contributed by atoms with van der Waals surface area (Å²) in [4.78, 5) is 41.4. The van der Waals surface area contributed by atoms with Crippen LogP contribution in [0.2, 0.25) is 5.02 Å². The lowest BCUT2D eigenvalue weighted by Gasteiger charge is -2.44. The number of aromatic nitrogens is 2. The van der Waals surface area contributed by atoms with E-state index in [1.54, 1.807) is 49.6 Å². The second-order valence-electron chi connectivity index (χ2n) is 10.1. The number of benzene rings is 1. The Hall–Kier alpha value is -2.94. The molecule has 2 fully saturated rings. The number of aromatic amines is 1. The minimum Gasteiger partial charge on any atom is -0.351 e.